The van der Waals surface area contributed by atoms with Gasteiger partial charge in [0.25, 0.3) is 0 Å². The smallest absolute Gasteiger partial charge is 0.410 e. The highest BCUT2D eigenvalue weighted by atomic mass is 79.9. The zero-order valence-electron chi connectivity index (χ0n) is 15.0. The first-order valence-electron chi connectivity index (χ1n) is 8.82. The second-order valence-electron chi connectivity index (χ2n) is 7.75. The predicted octanol–water partition coefficient (Wildman–Crippen LogP) is 3.99. The number of benzene rings is 1. The van der Waals surface area contributed by atoms with Crippen LogP contribution < -0.4 is 4.90 Å². The number of piperidine rings is 1. The van der Waals surface area contributed by atoms with E-state index in [1.165, 1.54) is 5.56 Å². The molecular formula is C19H25BrN2O3. The Morgan fingerprint density at radius 2 is 1.84 bits per heavy atom. The first kappa shape index (κ1) is 18.2. The van der Waals surface area contributed by atoms with Crippen molar-refractivity contribution in [3.8, 4) is 0 Å². The van der Waals surface area contributed by atoms with E-state index in [4.69, 9.17) is 4.74 Å². The number of hydrogen-bond acceptors (Lipinski definition) is 3. The number of hydrogen-bond donors (Lipinski definition) is 0. The first-order chi connectivity index (χ1) is 11.7. The van der Waals surface area contributed by atoms with Gasteiger partial charge in [-0.2, -0.15) is 0 Å². The molecule has 0 aromatic heterocycles. The van der Waals surface area contributed by atoms with Crippen LogP contribution in [0, 0.1) is 5.92 Å². The number of carbonyl (C=O) groups excluding carboxylic acids is 2. The molecule has 2 amide bonds. The average Bonchev–Trinajstić information content (AvgIpc) is 2.95. The van der Waals surface area contributed by atoms with Crippen LogP contribution in [0.15, 0.2) is 22.7 Å². The van der Waals surface area contributed by atoms with Gasteiger partial charge in [0.15, 0.2) is 0 Å². The maximum absolute atomic E-state index is 12.9. The molecule has 1 saturated heterocycles. The average molecular weight is 409 g/mol. The molecule has 136 valence electrons. The summed E-state index contributed by atoms with van der Waals surface area (Å²) in [4.78, 5) is 28.7. The summed E-state index contributed by atoms with van der Waals surface area (Å²) in [5.74, 6) is 0.165. The van der Waals surface area contributed by atoms with Crippen molar-refractivity contribution in [2.45, 2.75) is 45.6 Å². The fraction of sp³-hybridized carbons (Fsp3) is 0.579. The molecule has 6 heteroatoms. The molecule has 0 saturated carbocycles. The van der Waals surface area contributed by atoms with Gasteiger partial charge in [-0.3, -0.25) is 4.79 Å². The molecule has 5 nitrogen and oxygen atoms in total. The quantitative estimate of drug-likeness (QED) is 0.705. The van der Waals surface area contributed by atoms with Gasteiger partial charge in [0, 0.05) is 35.7 Å². The summed E-state index contributed by atoms with van der Waals surface area (Å²) < 4.78 is 6.47. The number of amides is 2. The second kappa shape index (κ2) is 6.98. The van der Waals surface area contributed by atoms with Gasteiger partial charge in [-0.1, -0.05) is 15.9 Å². The van der Waals surface area contributed by atoms with E-state index in [1.54, 1.807) is 4.90 Å². The number of anilines is 1. The van der Waals surface area contributed by atoms with Crippen molar-refractivity contribution in [3.05, 3.63) is 28.2 Å². The highest BCUT2D eigenvalue weighted by Gasteiger charge is 2.34. The van der Waals surface area contributed by atoms with Crippen LogP contribution >= 0.6 is 15.9 Å². The highest BCUT2D eigenvalue weighted by Crippen LogP contribution is 2.33. The van der Waals surface area contributed by atoms with E-state index in [2.05, 4.69) is 22.0 Å². The minimum atomic E-state index is -0.489. The molecule has 1 aromatic rings. The number of nitrogens with zero attached hydrogens (tertiary/aromatic N) is 2. The molecule has 1 fully saturated rings. The minimum Gasteiger partial charge on any atom is -0.444 e. The molecule has 0 N–H and O–H groups in total. The number of carbonyl (C=O) groups is 2. The number of halogens is 1. The SMILES string of the molecule is CC(C)(C)OC(=O)N1CCC(C(=O)N2CCc3cc(Br)ccc32)CC1. The molecule has 2 heterocycles. The van der Waals surface area contributed by atoms with Gasteiger partial charge in [-0.15, -0.1) is 0 Å². The van der Waals surface area contributed by atoms with Crippen LogP contribution in [0.4, 0.5) is 10.5 Å². The largest absolute Gasteiger partial charge is 0.444 e. The summed E-state index contributed by atoms with van der Waals surface area (Å²) in [6, 6.07) is 6.09. The molecule has 1 aromatic carbocycles. The Morgan fingerprint density at radius 1 is 1.16 bits per heavy atom. The van der Waals surface area contributed by atoms with Gasteiger partial charge in [0.1, 0.15) is 5.60 Å². The van der Waals surface area contributed by atoms with Gasteiger partial charge in [0.2, 0.25) is 5.91 Å². The maximum Gasteiger partial charge on any atom is 0.410 e. The van der Waals surface area contributed by atoms with E-state index in [9.17, 15) is 9.59 Å². The van der Waals surface area contributed by atoms with Crippen LogP contribution in [0.5, 0.6) is 0 Å². The minimum absolute atomic E-state index is 0.0201. The molecular weight excluding hydrogens is 384 g/mol. The lowest BCUT2D eigenvalue weighted by Crippen LogP contribution is -2.45. The zero-order chi connectivity index (χ0) is 18.2. The Hall–Kier alpha value is -1.56. The van der Waals surface area contributed by atoms with Crippen LogP contribution in [-0.4, -0.2) is 42.1 Å². The molecule has 0 aliphatic carbocycles. The number of rotatable bonds is 1. The Balaban J connectivity index is 1.59. The van der Waals surface area contributed by atoms with Crippen molar-refractivity contribution in [2.24, 2.45) is 5.92 Å². The van der Waals surface area contributed by atoms with E-state index in [1.807, 2.05) is 37.8 Å². The highest BCUT2D eigenvalue weighted by molar-refractivity contribution is 9.10. The van der Waals surface area contributed by atoms with Crippen LogP contribution in [0.1, 0.15) is 39.2 Å². The molecule has 0 spiro atoms. The molecule has 3 rings (SSSR count). The van der Waals surface area contributed by atoms with Crippen LogP contribution in [-0.2, 0) is 16.0 Å². The standard InChI is InChI=1S/C19H25BrN2O3/c1-19(2,3)25-18(24)21-9-6-13(7-10-21)17(23)22-11-8-14-12-15(20)4-5-16(14)22/h4-5,12-13H,6-11H2,1-3H3. The Kier molecular flexibility index (Phi) is 5.09. The Morgan fingerprint density at radius 3 is 2.48 bits per heavy atom. The van der Waals surface area contributed by atoms with E-state index < -0.39 is 5.60 Å². The Labute approximate surface area is 157 Å². The van der Waals surface area contributed by atoms with Crippen molar-refractivity contribution in [3.63, 3.8) is 0 Å². The fourth-order valence-corrected chi connectivity index (χ4v) is 3.86. The summed E-state index contributed by atoms with van der Waals surface area (Å²) in [6.07, 6.45) is 2.01. The summed E-state index contributed by atoms with van der Waals surface area (Å²) in [5, 5.41) is 0. The molecule has 0 bridgehead atoms. The molecule has 0 unspecified atom stereocenters. The molecule has 0 atom stereocenters. The molecule has 25 heavy (non-hydrogen) atoms. The third-order valence-corrected chi connectivity index (χ3v) is 5.19. The third-order valence-electron chi connectivity index (χ3n) is 4.70. The van der Waals surface area contributed by atoms with E-state index >= 15 is 0 Å². The van der Waals surface area contributed by atoms with Gasteiger partial charge in [-0.25, -0.2) is 4.79 Å². The number of likely N-dealkylation sites (tertiary alicyclic amines) is 1. The van der Waals surface area contributed by atoms with Gasteiger partial charge < -0.3 is 14.5 Å². The predicted molar refractivity (Wildman–Crippen MR) is 101 cm³/mol. The van der Waals surface area contributed by atoms with Crippen molar-refractivity contribution < 1.29 is 14.3 Å². The van der Waals surface area contributed by atoms with Crippen molar-refractivity contribution in [1.29, 1.82) is 0 Å². The summed E-state index contributed by atoms with van der Waals surface area (Å²) >= 11 is 3.49. The normalized spacial score (nSPS) is 18.2. The topological polar surface area (TPSA) is 49.9 Å². The Bertz CT molecular complexity index is 676. The lowest BCUT2D eigenvalue weighted by Gasteiger charge is -2.34. The maximum atomic E-state index is 12.9. The van der Waals surface area contributed by atoms with Crippen LogP contribution in [0.2, 0.25) is 0 Å². The van der Waals surface area contributed by atoms with E-state index in [0.29, 0.717) is 25.9 Å². The van der Waals surface area contributed by atoms with Crippen molar-refractivity contribution in [2.75, 3.05) is 24.5 Å². The first-order valence-corrected chi connectivity index (χ1v) is 9.61. The van der Waals surface area contributed by atoms with Crippen LogP contribution in [0.3, 0.4) is 0 Å². The zero-order valence-corrected chi connectivity index (χ0v) is 16.6. The lowest BCUT2D eigenvalue weighted by molar-refractivity contribution is -0.123. The monoisotopic (exact) mass is 408 g/mol. The van der Waals surface area contributed by atoms with Crippen molar-refractivity contribution >= 4 is 33.6 Å². The fourth-order valence-electron chi connectivity index (χ4n) is 3.46. The summed E-state index contributed by atoms with van der Waals surface area (Å²) in [5.41, 5.74) is 1.76. The molecule has 2 aliphatic heterocycles. The molecule has 2 aliphatic rings. The van der Waals surface area contributed by atoms with E-state index in [-0.39, 0.29) is 17.9 Å². The lowest BCUT2D eigenvalue weighted by atomic mass is 9.95. The third kappa shape index (κ3) is 4.17. The summed E-state index contributed by atoms with van der Waals surface area (Å²) in [6.45, 7) is 7.49. The second-order valence-corrected chi connectivity index (χ2v) is 8.67. The van der Waals surface area contributed by atoms with Crippen molar-refractivity contribution in [1.82, 2.24) is 4.90 Å². The van der Waals surface area contributed by atoms with Gasteiger partial charge >= 0.3 is 6.09 Å². The number of ether oxygens (including phenoxy) is 1. The van der Waals surface area contributed by atoms with Gasteiger partial charge in [0.05, 0.1) is 0 Å². The van der Waals surface area contributed by atoms with E-state index in [0.717, 1.165) is 23.1 Å². The summed E-state index contributed by atoms with van der Waals surface area (Å²) in [7, 11) is 0. The van der Waals surface area contributed by atoms with Gasteiger partial charge in [-0.05, 0) is 63.8 Å². The van der Waals surface area contributed by atoms with Crippen LogP contribution in [0.25, 0.3) is 0 Å². The number of fused-ring (bicyclic) bond motifs is 1. The molecule has 0 radical (unpaired) electrons.